The van der Waals surface area contributed by atoms with E-state index < -0.39 is 0 Å². The Bertz CT molecular complexity index is 604. The molecule has 0 saturated carbocycles. The van der Waals surface area contributed by atoms with Gasteiger partial charge in [0.25, 0.3) is 0 Å². The maximum absolute atomic E-state index is 8.80. The molecule has 2 rings (SSSR count). The molecule has 110 valence electrons. The molecule has 2 aromatic rings. The second-order valence-corrected chi connectivity index (χ2v) is 5.50. The first kappa shape index (κ1) is 15.5. The van der Waals surface area contributed by atoms with Gasteiger partial charge in [0.05, 0.1) is 36.1 Å². The van der Waals surface area contributed by atoms with Crippen LogP contribution >= 0.6 is 11.3 Å². The monoisotopic (exact) mass is 302 g/mol. The van der Waals surface area contributed by atoms with Gasteiger partial charge in [-0.1, -0.05) is 6.07 Å². The minimum absolute atomic E-state index is 0.592. The van der Waals surface area contributed by atoms with E-state index in [0.717, 1.165) is 24.3 Å². The van der Waals surface area contributed by atoms with Crippen LogP contribution in [0.2, 0.25) is 0 Å². The molecule has 0 spiro atoms. The van der Waals surface area contributed by atoms with E-state index in [2.05, 4.69) is 11.1 Å². The molecule has 0 amide bonds. The van der Waals surface area contributed by atoms with Crippen molar-refractivity contribution >= 4 is 11.3 Å². The predicted molar refractivity (Wildman–Crippen MR) is 82.6 cm³/mol. The number of nitrogens with zero attached hydrogens (tertiary/aromatic N) is 2. The smallest absolute Gasteiger partial charge is 0.120 e. The Kier molecular flexibility index (Phi) is 6.20. The van der Waals surface area contributed by atoms with Crippen LogP contribution in [0.15, 0.2) is 29.8 Å². The Hall–Kier alpha value is -1.90. The topological polar surface area (TPSA) is 55.1 Å². The second kappa shape index (κ2) is 8.40. The van der Waals surface area contributed by atoms with Gasteiger partial charge in [0.15, 0.2) is 0 Å². The summed E-state index contributed by atoms with van der Waals surface area (Å²) in [6.07, 6.45) is 1.75. The third-order valence-corrected chi connectivity index (χ3v) is 3.98. The lowest BCUT2D eigenvalue weighted by atomic mass is 10.2. The molecule has 0 aliphatic carbocycles. The highest BCUT2D eigenvalue weighted by molar-refractivity contribution is 7.09. The van der Waals surface area contributed by atoms with Gasteiger partial charge < -0.3 is 9.47 Å². The van der Waals surface area contributed by atoms with E-state index in [9.17, 15) is 0 Å². The molecule has 4 nitrogen and oxygen atoms in total. The summed E-state index contributed by atoms with van der Waals surface area (Å²) in [7, 11) is 0. The molecular formula is C16H18N2O2S. The fourth-order valence-corrected chi connectivity index (χ4v) is 2.60. The quantitative estimate of drug-likeness (QED) is 0.702. The van der Waals surface area contributed by atoms with E-state index >= 15 is 0 Å². The van der Waals surface area contributed by atoms with E-state index in [0.29, 0.717) is 25.4 Å². The molecule has 0 aliphatic rings. The Morgan fingerprint density at radius 3 is 2.95 bits per heavy atom. The van der Waals surface area contributed by atoms with Crippen molar-refractivity contribution in [2.24, 2.45) is 0 Å². The van der Waals surface area contributed by atoms with Crippen molar-refractivity contribution in [1.29, 1.82) is 5.26 Å². The predicted octanol–water partition coefficient (Wildman–Crippen LogP) is 3.35. The molecule has 1 heterocycles. The summed E-state index contributed by atoms with van der Waals surface area (Å²) in [5, 5.41) is 8.80. The second-order valence-electron chi connectivity index (χ2n) is 4.56. The van der Waals surface area contributed by atoms with E-state index in [1.54, 1.807) is 23.5 Å². The number of thiazole rings is 1. The fourth-order valence-electron chi connectivity index (χ4n) is 1.84. The summed E-state index contributed by atoms with van der Waals surface area (Å²) in [5.41, 5.74) is 3.58. The van der Waals surface area contributed by atoms with Gasteiger partial charge in [0.1, 0.15) is 5.75 Å². The summed E-state index contributed by atoms with van der Waals surface area (Å²) in [5.74, 6) is 0.731. The number of aromatic nitrogens is 1. The van der Waals surface area contributed by atoms with Crippen LogP contribution < -0.4 is 4.74 Å². The number of aryl methyl sites for hydroxylation is 1. The van der Waals surface area contributed by atoms with Crippen molar-refractivity contribution in [3.05, 3.63) is 45.9 Å². The van der Waals surface area contributed by atoms with E-state index in [4.69, 9.17) is 14.7 Å². The van der Waals surface area contributed by atoms with Crippen LogP contribution in [0.4, 0.5) is 0 Å². The molecule has 0 N–H and O–H groups in total. The normalized spacial score (nSPS) is 10.3. The molecule has 0 bridgehead atoms. The molecule has 0 fully saturated rings. The number of benzene rings is 1. The summed E-state index contributed by atoms with van der Waals surface area (Å²) in [6.45, 7) is 4.01. The standard InChI is InChI=1S/C16H18N2O2S/c1-13-16(21-12-18-13)6-9-19-7-3-8-20-15-5-2-4-14(10-15)11-17/h2,4-5,10,12H,3,6-9H2,1H3. The number of hydrogen-bond acceptors (Lipinski definition) is 5. The highest BCUT2D eigenvalue weighted by atomic mass is 32.1. The summed E-state index contributed by atoms with van der Waals surface area (Å²) in [6, 6.07) is 9.28. The van der Waals surface area contributed by atoms with Crippen molar-refractivity contribution < 1.29 is 9.47 Å². The molecule has 0 radical (unpaired) electrons. The maximum atomic E-state index is 8.80. The largest absolute Gasteiger partial charge is 0.493 e. The Morgan fingerprint density at radius 2 is 2.19 bits per heavy atom. The minimum atomic E-state index is 0.592. The lowest BCUT2D eigenvalue weighted by Crippen LogP contribution is -2.05. The minimum Gasteiger partial charge on any atom is -0.493 e. The summed E-state index contributed by atoms with van der Waals surface area (Å²) < 4.78 is 11.2. The molecular weight excluding hydrogens is 284 g/mol. The highest BCUT2D eigenvalue weighted by Crippen LogP contribution is 2.13. The molecule has 1 aromatic carbocycles. The zero-order chi connectivity index (χ0) is 14.9. The third kappa shape index (κ3) is 5.18. The van der Waals surface area contributed by atoms with Gasteiger partial charge in [0.2, 0.25) is 0 Å². The highest BCUT2D eigenvalue weighted by Gasteiger charge is 2.01. The van der Waals surface area contributed by atoms with Crippen LogP contribution in [-0.4, -0.2) is 24.8 Å². The van der Waals surface area contributed by atoms with Gasteiger partial charge in [-0.2, -0.15) is 5.26 Å². The van der Waals surface area contributed by atoms with Crippen LogP contribution in [0, 0.1) is 18.3 Å². The molecule has 0 unspecified atom stereocenters. The van der Waals surface area contributed by atoms with Gasteiger partial charge in [-0.25, -0.2) is 4.98 Å². The zero-order valence-electron chi connectivity index (χ0n) is 12.0. The van der Waals surface area contributed by atoms with Crippen LogP contribution in [0.1, 0.15) is 22.6 Å². The molecule has 0 aliphatic heterocycles. The average Bonchev–Trinajstić information content (AvgIpc) is 2.92. The number of hydrogen-bond donors (Lipinski definition) is 0. The van der Waals surface area contributed by atoms with Gasteiger partial charge in [-0.15, -0.1) is 11.3 Å². The Labute approximate surface area is 129 Å². The first-order chi connectivity index (χ1) is 10.3. The average molecular weight is 302 g/mol. The number of ether oxygens (including phenoxy) is 2. The number of rotatable bonds is 8. The van der Waals surface area contributed by atoms with Gasteiger partial charge in [-0.05, 0) is 25.1 Å². The molecule has 5 heteroatoms. The van der Waals surface area contributed by atoms with Crippen LogP contribution in [0.5, 0.6) is 5.75 Å². The van der Waals surface area contributed by atoms with Gasteiger partial charge in [-0.3, -0.25) is 0 Å². The molecule has 0 saturated heterocycles. The maximum Gasteiger partial charge on any atom is 0.120 e. The van der Waals surface area contributed by atoms with Crippen LogP contribution in [-0.2, 0) is 11.2 Å². The van der Waals surface area contributed by atoms with Gasteiger partial charge in [0, 0.05) is 24.3 Å². The van der Waals surface area contributed by atoms with E-state index in [1.165, 1.54) is 4.88 Å². The van der Waals surface area contributed by atoms with E-state index in [1.807, 2.05) is 24.6 Å². The van der Waals surface area contributed by atoms with Crippen molar-refractivity contribution in [1.82, 2.24) is 4.98 Å². The van der Waals surface area contributed by atoms with Crippen LogP contribution in [0.25, 0.3) is 0 Å². The van der Waals surface area contributed by atoms with Crippen molar-refractivity contribution in [3.8, 4) is 11.8 Å². The Morgan fingerprint density at radius 1 is 1.29 bits per heavy atom. The number of nitriles is 1. The molecule has 21 heavy (non-hydrogen) atoms. The summed E-state index contributed by atoms with van der Waals surface area (Å²) >= 11 is 1.68. The molecule has 0 atom stereocenters. The fraction of sp³-hybridized carbons (Fsp3) is 0.375. The van der Waals surface area contributed by atoms with Crippen LogP contribution in [0.3, 0.4) is 0 Å². The Balaban J connectivity index is 1.56. The van der Waals surface area contributed by atoms with E-state index in [-0.39, 0.29) is 0 Å². The lowest BCUT2D eigenvalue weighted by molar-refractivity contribution is 0.122. The summed E-state index contributed by atoms with van der Waals surface area (Å²) in [4.78, 5) is 5.50. The zero-order valence-corrected chi connectivity index (χ0v) is 12.9. The molecule has 1 aromatic heterocycles. The first-order valence-electron chi connectivity index (χ1n) is 6.89. The SMILES string of the molecule is Cc1ncsc1CCOCCCOc1cccc(C#N)c1. The van der Waals surface area contributed by atoms with Crippen molar-refractivity contribution in [2.75, 3.05) is 19.8 Å². The lowest BCUT2D eigenvalue weighted by Gasteiger charge is -2.07. The van der Waals surface area contributed by atoms with Gasteiger partial charge >= 0.3 is 0 Å². The van der Waals surface area contributed by atoms with Crippen molar-refractivity contribution in [2.45, 2.75) is 19.8 Å². The third-order valence-electron chi connectivity index (χ3n) is 2.98. The van der Waals surface area contributed by atoms with Crippen molar-refractivity contribution in [3.63, 3.8) is 0 Å². The first-order valence-corrected chi connectivity index (χ1v) is 7.77.